The third kappa shape index (κ3) is 4.58. The maximum Gasteiger partial charge on any atom is 0.122 e. The first-order chi connectivity index (χ1) is 15.1. The van der Waals surface area contributed by atoms with E-state index in [4.69, 9.17) is 0 Å². The van der Waals surface area contributed by atoms with Gasteiger partial charge in [-0.1, -0.05) is 73.2 Å². The fraction of sp³-hybridized carbons (Fsp3) is 0.111. The molecule has 0 amide bonds. The molecule has 0 radical (unpaired) electrons. The fourth-order valence-electron chi connectivity index (χ4n) is 4.71. The third-order valence-electron chi connectivity index (χ3n) is 6.26. The second-order valence-electron chi connectivity index (χ2n) is 8.08. The van der Waals surface area contributed by atoms with E-state index in [9.17, 15) is 13.2 Å². The van der Waals surface area contributed by atoms with E-state index in [1.54, 1.807) is 36.4 Å². The van der Waals surface area contributed by atoms with Crippen LogP contribution >= 0.6 is 0 Å². The molecule has 0 aliphatic carbocycles. The molecule has 156 valence electrons. The normalized spacial score (nSPS) is 11.5. The van der Waals surface area contributed by atoms with Gasteiger partial charge in [0.1, 0.15) is 17.5 Å². The van der Waals surface area contributed by atoms with E-state index in [1.165, 1.54) is 42.0 Å². The Bertz CT molecular complexity index is 995. The number of hydrogen-bond donors (Lipinski definition) is 0. The highest BCUT2D eigenvalue weighted by molar-refractivity contribution is 7.11. The number of halogens is 3. The minimum Gasteiger partial charge on any atom is -0.207 e. The molecule has 0 aliphatic rings. The molecule has 0 saturated carbocycles. The van der Waals surface area contributed by atoms with Crippen molar-refractivity contribution in [2.24, 2.45) is 0 Å². The Morgan fingerprint density at radius 2 is 0.871 bits per heavy atom. The van der Waals surface area contributed by atoms with E-state index in [0.717, 1.165) is 35.6 Å². The monoisotopic (exact) mass is 415 g/mol. The van der Waals surface area contributed by atoms with Gasteiger partial charge in [0.05, 0.1) is 6.15 Å². The first-order valence-electron chi connectivity index (χ1n) is 10.6. The molecule has 0 aliphatic heterocycles. The molecule has 0 nitrogen and oxygen atoms in total. The summed E-state index contributed by atoms with van der Waals surface area (Å²) in [6, 6.07) is 29.7. The molecule has 0 fully saturated rings. The second kappa shape index (κ2) is 9.26. The standard InChI is InChI=1S/C27H23BF3/c29-25-14-8-22(9-15-25)28(23-10-16-26(30)17-11-23,24-12-18-27(31)19-13-24)20-4-7-21-5-2-1-3-6-21/h1-3,5-6,8-19H,4,7,20H2/q-1. The Labute approximate surface area is 181 Å². The van der Waals surface area contributed by atoms with E-state index in [2.05, 4.69) is 12.1 Å². The highest BCUT2D eigenvalue weighted by Gasteiger charge is 2.29. The molecule has 0 N–H and O–H groups in total. The summed E-state index contributed by atoms with van der Waals surface area (Å²) in [5.74, 6) is -0.928. The third-order valence-corrected chi connectivity index (χ3v) is 6.26. The van der Waals surface area contributed by atoms with Crippen LogP contribution in [0.4, 0.5) is 13.2 Å². The molecule has 0 heterocycles. The summed E-state index contributed by atoms with van der Waals surface area (Å²) < 4.78 is 41.3. The topological polar surface area (TPSA) is 0 Å². The Morgan fingerprint density at radius 1 is 0.484 bits per heavy atom. The molecule has 31 heavy (non-hydrogen) atoms. The van der Waals surface area contributed by atoms with Gasteiger partial charge in [-0.2, -0.15) is 22.7 Å². The molecule has 4 aromatic rings. The van der Waals surface area contributed by atoms with Gasteiger partial charge in [-0.05, 0) is 48.4 Å². The summed E-state index contributed by atoms with van der Waals surface area (Å²) in [5.41, 5.74) is 4.09. The molecule has 4 aromatic carbocycles. The summed E-state index contributed by atoms with van der Waals surface area (Å²) in [7, 11) is 0. The van der Waals surface area contributed by atoms with Crippen LogP contribution in [0.1, 0.15) is 12.0 Å². The van der Waals surface area contributed by atoms with Crippen LogP contribution < -0.4 is 16.4 Å². The highest BCUT2D eigenvalue weighted by atomic mass is 19.1. The predicted octanol–water partition coefficient (Wildman–Crippen LogP) is 5.21. The van der Waals surface area contributed by atoms with Gasteiger partial charge in [-0.15, -0.1) is 0 Å². The van der Waals surface area contributed by atoms with Crippen LogP contribution in [0, 0.1) is 17.5 Å². The Morgan fingerprint density at radius 3 is 1.26 bits per heavy atom. The maximum absolute atomic E-state index is 13.8. The molecule has 0 saturated heterocycles. The lowest BCUT2D eigenvalue weighted by molar-refractivity contribution is 0.628. The summed E-state index contributed by atoms with van der Waals surface area (Å²) in [6.45, 7) is 0. The number of hydrogen-bond acceptors (Lipinski definition) is 0. The number of aryl methyl sites for hydroxylation is 1. The van der Waals surface area contributed by atoms with E-state index in [1.807, 2.05) is 18.2 Å². The van der Waals surface area contributed by atoms with Crippen molar-refractivity contribution in [2.45, 2.75) is 19.2 Å². The molecule has 0 aromatic heterocycles. The molecule has 4 rings (SSSR count). The van der Waals surface area contributed by atoms with Crippen molar-refractivity contribution < 1.29 is 13.2 Å². The fourth-order valence-corrected chi connectivity index (χ4v) is 4.71. The summed E-state index contributed by atoms with van der Waals surface area (Å²) in [6.07, 6.45) is 0.960. The number of benzene rings is 4. The van der Waals surface area contributed by atoms with Crippen molar-refractivity contribution in [1.29, 1.82) is 0 Å². The molecule has 0 atom stereocenters. The van der Waals surface area contributed by atoms with Gasteiger partial charge in [-0.3, -0.25) is 0 Å². The quantitative estimate of drug-likeness (QED) is 0.364. The lowest BCUT2D eigenvalue weighted by atomic mass is 9.14. The summed E-state index contributed by atoms with van der Waals surface area (Å²) >= 11 is 0. The molecule has 4 heteroatoms. The minimum absolute atomic E-state index is 0.309. The van der Waals surface area contributed by atoms with Crippen LogP contribution in [0.3, 0.4) is 0 Å². The average Bonchev–Trinajstić information content (AvgIpc) is 2.80. The smallest absolute Gasteiger partial charge is 0.122 e. The summed E-state index contributed by atoms with van der Waals surface area (Å²) in [4.78, 5) is 0. The van der Waals surface area contributed by atoms with Crippen LogP contribution in [0.25, 0.3) is 0 Å². The van der Waals surface area contributed by atoms with Gasteiger partial charge < -0.3 is 0 Å². The van der Waals surface area contributed by atoms with Crippen LogP contribution in [-0.2, 0) is 6.42 Å². The Balaban J connectivity index is 1.83. The SMILES string of the molecule is Fc1ccc([B-](CCCc2ccccc2)(c2ccc(F)cc2)c2ccc(F)cc2)cc1. The lowest BCUT2D eigenvalue weighted by Gasteiger charge is -2.43. The lowest BCUT2D eigenvalue weighted by Crippen LogP contribution is -2.67. The van der Waals surface area contributed by atoms with Gasteiger partial charge in [0, 0.05) is 0 Å². The van der Waals surface area contributed by atoms with E-state index >= 15 is 0 Å². The van der Waals surface area contributed by atoms with Gasteiger partial charge in [-0.25, -0.2) is 13.2 Å². The van der Waals surface area contributed by atoms with Crippen molar-refractivity contribution in [3.8, 4) is 0 Å². The van der Waals surface area contributed by atoms with Gasteiger partial charge in [0.15, 0.2) is 0 Å². The van der Waals surface area contributed by atoms with Gasteiger partial charge >= 0.3 is 0 Å². The predicted molar refractivity (Wildman–Crippen MR) is 123 cm³/mol. The number of rotatable bonds is 7. The zero-order chi connectivity index (χ0) is 21.7. The van der Waals surface area contributed by atoms with Gasteiger partial charge in [0.25, 0.3) is 0 Å². The largest absolute Gasteiger partial charge is 0.207 e. The zero-order valence-electron chi connectivity index (χ0n) is 17.1. The highest BCUT2D eigenvalue weighted by Crippen LogP contribution is 2.18. The first kappa shape index (κ1) is 21.0. The van der Waals surface area contributed by atoms with Gasteiger partial charge in [0.2, 0.25) is 0 Å². The first-order valence-corrected chi connectivity index (χ1v) is 10.6. The van der Waals surface area contributed by atoms with E-state index < -0.39 is 6.15 Å². The molecule has 0 unspecified atom stereocenters. The van der Waals surface area contributed by atoms with Crippen LogP contribution in [0.15, 0.2) is 103 Å². The van der Waals surface area contributed by atoms with Crippen molar-refractivity contribution >= 4 is 22.5 Å². The van der Waals surface area contributed by atoms with Crippen LogP contribution in [-0.4, -0.2) is 6.15 Å². The maximum atomic E-state index is 13.8. The van der Waals surface area contributed by atoms with E-state index in [0.29, 0.717) is 0 Å². The van der Waals surface area contributed by atoms with E-state index in [-0.39, 0.29) is 17.5 Å². The molecule has 0 bridgehead atoms. The second-order valence-corrected chi connectivity index (χ2v) is 8.08. The Hall–Kier alpha value is -3.27. The van der Waals surface area contributed by atoms with Crippen molar-refractivity contribution in [3.05, 3.63) is 126 Å². The zero-order valence-corrected chi connectivity index (χ0v) is 17.1. The molecular formula is C27H23BF3-. The minimum atomic E-state index is -1.56. The van der Waals surface area contributed by atoms with Crippen molar-refractivity contribution in [3.63, 3.8) is 0 Å². The average molecular weight is 415 g/mol. The molecular weight excluding hydrogens is 392 g/mol. The van der Waals surface area contributed by atoms with Crippen LogP contribution in [0.5, 0.6) is 0 Å². The van der Waals surface area contributed by atoms with Crippen molar-refractivity contribution in [2.75, 3.05) is 0 Å². The molecule has 0 spiro atoms. The van der Waals surface area contributed by atoms with Crippen LogP contribution in [0.2, 0.25) is 6.32 Å². The Kier molecular flexibility index (Phi) is 6.27. The van der Waals surface area contributed by atoms with Crippen molar-refractivity contribution in [1.82, 2.24) is 0 Å². The summed E-state index contributed by atoms with van der Waals surface area (Å²) in [5, 5.41) is 0.